The summed E-state index contributed by atoms with van der Waals surface area (Å²) in [5.74, 6) is 0.892. The quantitative estimate of drug-likeness (QED) is 0.452. The topological polar surface area (TPSA) is 30.4 Å². The molecule has 0 unspecified atom stereocenters. The van der Waals surface area contributed by atoms with Crippen molar-refractivity contribution in [3.8, 4) is 11.3 Å². The molecule has 0 spiro atoms. The fourth-order valence-electron chi connectivity index (χ4n) is 2.59. The maximum atomic E-state index is 6.03. The maximum absolute atomic E-state index is 6.03. The lowest BCUT2D eigenvalue weighted by molar-refractivity contribution is 0.492. The molecule has 0 bridgehead atoms. The number of rotatable bonds is 4. The molecule has 5 heteroatoms. The van der Waals surface area contributed by atoms with Crippen LogP contribution in [0.2, 0.25) is 5.02 Å². The van der Waals surface area contributed by atoms with Gasteiger partial charge in [-0.15, -0.1) is 11.3 Å². The van der Waals surface area contributed by atoms with Crippen molar-refractivity contribution in [1.29, 1.82) is 0 Å². The zero-order valence-corrected chi connectivity index (χ0v) is 14.9. The van der Waals surface area contributed by atoms with Crippen LogP contribution in [0.4, 0.5) is 5.69 Å². The third kappa shape index (κ3) is 3.60. The van der Waals surface area contributed by atoms with Gasteiger partial charge in [0.15, 0.2) is 4.80 Å². The Balaban J connectivity index is 1.84. The Morgan fingerprint density at radius 2 is 1.76 bits per heavy atom. The molecule has 0 amide bonds. The van der Waals surface area contributed by atoms with Gasteiger partial charge in [-0.25, -0.2) is 4.99 Å². The number of para-hydroxylation sites is 1. The molecule has 0 saturated carbocycles. The van der Waals surface area contributed by atoms with Gasteiger partial charge in [0.1, 0.15) is 5.76 Å². The Bertz CT molecular complexity index is 1020. The fourth-order valence-corrected chi connectivity index (χ4v) is 3.65. The lowest BCUT2D eigenvalue weighted by atomic mass is 10.2. The zero-order valence-electron chi connectivity index (χ0n) is 13.3. The molecule has 0 aliphatic rings. The number of aromatic nitrogens is 1. The Labute approximate surface area is 154 Å². The minimum atomic E-state index is 0.625. The molecule has 2 heterocycles. The Morgan fingerprint density at radius 1 is 0.960 bits per heavy atom. The minimum absolute atomic E-state index is 0.625. The largest absolute Gasteiger partial charge is 0.467 e. The number of thiazole rings is 1. The molecule has 0 radical (unpaired) electrons. The summed E-state index contributed by atoms with van der Waals surface area (Å²) >= 11 is 7.64. The maximum Gasteiger partial charge on any atom is 0.190 e. The first-order valence-electron chi connectivity index (χ1n) is 7.86. The van der Waals surface area contributed by atoms with Crippen LogP contribution in [-0.2, 0) is 6.54 Å². The normalized spacial score (nSPS) is 11.8. The first kappa shape index (κ1) is 15.9. The molecule has 4 aromatic rings. The first-order valence-corrected chi connectivity index (χ1v) is 9.12. The molecular formula is C20H15ClN2OS. The van der Waals surface area contributed by atoms with E-state index in [1.54, 1.807) is 17.6 Å². The van der Waals surface area contributed by atoms with Crippen LogP contribution in [-0.4, -0.2) is 4.57 Å². The van der Waals surface area contributed by atoms with Gasteiger partial charge in [-0.1, -0.05) is 41.9 Å². The number of benzene rings is 2. The summed E-state index contributed by atoms with van der Waals surface area (Å²) in [5.41, 5.74) is 3.12. The van der Waals surface area contributed by atoms with E-state index in [0.717, 1.165) is 32.5 Å². The van der Waals surface area contributed by atoms with Gasteiger partial charge in [-0.05, 0) is 42.0 Å². The van der Waals surface area contributed by atoms with Crippen molar-refractivity contribution >= 4 is 28.6 Å². The molecule has 0 fully saturated rings. The van der Waals surface area contributed by atoms with E-state index in [1.165, 1.54) is 0 Å². The summed E-state index contributed by atoms with van der Waals surface area (Å²) in [5, 5.41) is 2.85. The molecule has 3 nitrogen and oxygen atoms in total. The number of furan rings is 1. The van der Waals surface area contributed by atoms with Crippen molar-refractivity contribution in [1.82, 2.24) is 4.57 Å². The standard InChI is InChI=1S/C20H15ClN2OS/c21-16-10-8-15(9-11-16)19-14-25-20(22-17-5-2-1-3-6-17)23(19)13-18-7-4-12-24-18/h1-12,14H,13H2. The van der Waals surface area contributed by atoms with E-state index in [1.807, 2.05) is 66.7 Å². The van der Waals surface area contributed by atoms with Crippen LogP contribution < -0.4 is 4.80 Å². The molecule has 4 rings (SSSR count). The van der Waals surface area contributed by atoms with Gasteiger partial charge >= 0.3 is 0 Å². The van der Waals surface area contributed by atoms with E-state index >= 15 is 0 Å². The lowest BCUT2D eigenvalue weighted by Gasteiger charge is -2.08. The highest BCUT2D eigenvalue weighted by Gasteiger charge is 2.10. The summed E-state index contributed by atoms with van der Waals surface area (Å²) < 4.78 is 7.71. The number of nitrogens with zero attached hydrogens (tertiary/aromatic N) is 2. The van der Waals surface area contributed by atoms with Crippen molar-refractivity contribution in [2.24, 2.45) is 4.99 Å². The van der Waals surface area contributed by atoms with E-state index in [9.17, 15) is 0 Å². The number of hydrogen-bond donors (Lipinski definition) is 0. The average Bonchev–Trinajstić information content (AvgIpc) is 3.28. The van der Waals surface area contributed by atoms with E-state index in [4.69, 9.17) is 21.0 Å². The van der Waals surface area contributed by atoms with Gasteiger partial charge in [0, 0.05) is 10.4 Å². The highest BCUT2D eigenvalue weighted by molar-refractivity contribution is 7.07. The van der Waals surface area contributed by atoms with Crippen molar-refractivity contribution in [3.63, 3.8) is 0 Å². The van der Waals surface area contributed by atoms with Gasteiger partial charge in [-0.2, -0.15) is 0 Å². The second-order valence-electron chi connectivity index (χ2n) is 5.52. The number of halogens is 1. The lowest BCUT2D eigenvalue weighted by Crippen LogP contribution is -2.16. The molecule has 0 atom stereocenters. The Hall–Kier alpha value is -2.56. The molecule has 0 saturated heterocycles. The zero-order chi connectivity index (χ0) is 17.1. The first-order chi connectivity index (χ1) is 12.3. The van der Waals surface area contributed by atoms with Crippen molar-refractivity contribution < 1.29 is 4.42 Å². The summed E-state index contributed by atoms with van der Waals surface area (Å²) in [6.07, 6.45) is 1.69. The van der Waals surface area contributed by atoms with Crippen LogP contribution in [0.3, 0.4) is 0 Å². The van der Waals surface area contributed by atoms with Crippen LogP contribution >= 0.6 is 22.9 Å². The van der Waals surface area contributed by atoms with E-state index in [-0.39, 0.29) is 0 Å². The second kappa shape index (κ2) is 7.13. The van der Waals surface area contributed by atoms with Crippen LogP contribution in [0.1, 0.15) is 5.76 Å². The second-order valence-corrected chi connectivity index (χ2v) is 6.80. The summed E-state index contributed by atoms with van der Waals surface area (Å²) in [6, 6.07) is 21.7. The summed E-state index contributed by atoms with van der Waals surface area (Å²) in [4.78, 5) is 5.72. The van der Waals surface area contributed by atoms with Gasteiger partial charge in [0.25, 0.3) is 0 Å². The van der Waals surface area contributed by atoms with E-state index < -0.39 is 0 Å². The van der Waals surface area contributed by atoms with Crippen molar-refractivity contribution in [2.75, 3.05) is 0 Å². The summed E-state index contributed by atoms with van der Waals surface area (Å²) in [6.45, 7) is 0.625. The van der Waals surface area contributed by atoms with Gasteiger partial charge < -0.3 is 8.98 Å². The Kier molecular flexibility index (Phi) is 4.55. The fraction of sp³-hybridized carbons (Fsp3) is 0.0500. The van der Waals surface area contributed by atoms with E-state index in [0.29, 0.717) is 6.54 Å². The average molecular weight is 367 g/mol. The molecule has 0 aliphatic carbocycles. The monoisotopic (exact) mass is 366 g/mol. The van der Waals surface area contributed by atoms with Gasteiger partial charge in [0.05, 0.1) is 24.2 Å². The Morgan fingerprint density at radius 3 is 2.48 bits per heavy atom. The van der Waals surface area contributed by atoms with E-state index in [2.05, 4.69) is 9.95 Å². The highest BCUT2D eigenvalue weighted by Crippen LogP contribution is 2.23. The molecule has 0 N–H and O–H groups in total. The third-order valence-corrected chi connectivity index (χ3v) is 4.93. The van der Waals surface area contributed by atoms with Crippen LogP contribution in [0.25, 0.3) is 11.3 Å². The molecule has 2 aromatic carbocycles. The van der Waals surface area contributed by atoms with Gasteiger partial charge in [-0.3, -0.25) is 0 Å². The van der Waals surface area contributed by atoms with Crippen molar-refractivity contribution in [2.45, 2.75) is 6.54 Å². The van der Waals surface area contributed by atoms with Gasteiger partial charge in [0.2, 0.25) is 0 Å². The van der Waals surface area contributed by atoms with Crippen LogP contribution in [0.5, 0.6) is 0 Å². The van der Waals surface area contributed by atoms with Crippen LogP contribution in [0.15, 0.2) is 87.8 Å². The molecule has 0 aliphatic heterocycles. The molecule has 2 aromatic heterocycles. The minimum Gasteiger partial charge on any atom is -0.467 e. The van der Waals surface area contributed by atoms with Crippen LogP contribution in [0, 0.1) is 0 Å². The predicted molar refractivity (Wildman–Crippen MR) is 102 cm³/mol. The summed E-state index contributed by atoms with van der Waals surface area (Å²) in [7, 11) is 0. The molecule has 25 heavy (non-hydrogen) atoms. The molecular weight excluding hydrogens is 352 g/mol. The third-order valence-electron chi connectivity index (χ3n) is 3.81. The molecule has 124 valence electrons. The smallest absolute Gasteiger partial charge is 0.190 e. The SMILES string of the molecule is Clc1ccc(-c2csc(=Nc3ccccc3)n2Cc2ccco2)cc1. The predicted octanol–water partition coefficient (Wildman–Crippen LogP) is 5.74. The number of hydrogen-bond acceptors (Lipinski definition) is 3. The highest BCUT2D eigenvalue weighted by atomic mass is 35.5. The van der Waals surface area contributed by atoms with Crippen molar-refractivity contribution in [3.05, 3.63) is 94.0 Å².